The molecule has 0 aliphatic carbocycles. The zero-order valence-electron chi connectivity index (χ0n) is 21.6. The van der Waals surface area contributed by atoms with Crippen molar-refractivity contribution in [2.45, 2.75) is 33.2 Å². The fourth-order valence-corrected chi connectivity index (χ4v) is 4.69. The van der Waals surface area contributed by atoms with Crippen LogP contribution < -0.4 is 4.74 Å². The highest BCUT2D eigenvalue weighted by Gasteiger charge is 2.45. The zero-order chi connectivity index (χ0) is 27.1. The van der Waals surface area contributed by atoms with Gasteiger partial charge >= 0.3 is 5.97 Å². The minimum Gasteiger partial charge on any atom is -0.507 e. The molecule has 2 aromatic carbocycles. The molecule has 0 aromatic heterocycles. The van der Waals surface area contributed by atoms with Gasteiger partial charge in [0.25, 0.3) is 11.7 Å². The van der Waals surface area contributed by atoms with Crippen LogP contribution in [0.5, 0.6) is 5.75 Å². The Labute approximate surface area is 222 Å². The maximum absolute atomic E-state index is 13.2. The predicted octanol–water partition coefficient (Wildman–Crippen LogP) is 4.68. The van der Waals surface area contributed by atoms with E-state index >= 15 is 0 Å². The largest absolute Gasteiger partial charge is 0.507 e. The van der Waals surface area contributed by atoms with Crippen LogP contribution in [0.1, 0.15) is 54.7 Å². The number of Topliss-reactive ketones (excluding diaryl/α,β-unsaturated/α-hetero) is 1. The number of aliphatic hydroxyl groups excluding tert-OH is 1. The summed E-state index contributed by atoms with van der Waals surface area (Å²) in [5.41, 5.74) is 1.20. The van der Waals surface area contributed by atoms with Gasteiger partial charge in [-0.15, -0.1) is 0 Å². The molecule has 0 spiro atoms. The van der Waals surface area contributed by atoms with Crippen molar-refractivity contribution in [3.05, 3.63) is 69.8 Å². The van der Waals surface area contributed by atoms with Gasteiger partial charge in [-0.3, -0.25) is 9.59 Å². The fraction of sp³-hybridized carbons (Fsp3) is 0.393. The molecular weight excluding hydrogens is 496 g/mol. The first-order chi connectivity index (χ1) is 17.8. The third kappa shape index (κ3) is 6.14. The Morgan fingerprint density at radius 1 is 1.05 bits per heavy atom. The summed E-state index contributed by atoms with van der Waals surface area (Å²) in [7, 11) is 1.29. The van der Waals surface area contributed by atoms with Crippen molar-refractivity contribution in [2.24, 2.45) is 0 Å². The van der Waals surface area contributed by atoms with Gasteiger partial charge < -0.3 is 24.4 Å². The maximum Gasteiger partial charge on any atom is 0.337 e. The maximum atomic E-state index is 13.2. The third-order valence-corrected chi connectivity index (χ3v) is 6.76. The number of amides is 1. The molecule has 1 amide bonds. The van der Waals surface area contributed by atoms with Gasteiger partial charge in [-0.2, -0.15) is 0 Å². The Hall–Kier alpha value is -3.36. The molecule has 0 unspecified atom stereocenters. The first kappa shape index (κ1) is 28.2. The van der Waals surface area contributed by atoms with E-state index in [-0.39, 0.29) is 16.4 Å². The number of carbonyl (C=O) groups is 3. The van der Waals surface area contributed by atoms with E-state index in [2.05, 4.69) is 18.7 Å². The molecule has 1 fully saturated rings. The van der Waals surface area contributed by atoms with E-state index in [1.807, 2.05) is 6.92 Å². The second-order valence-corrected chi connectivity index (χ2v) is 8.97. The lowest BCUT2D eigenvalue weighted by molar-refractivity contribution is -0.140. The van der Waals surface area contributed by atoms with E-state index in [4.69, 9.17) is 21.1 Å². The summed E-state index contributed by atoms with van der Waals surface area (Å²) >= 11 is 6.32. The number of nitrogens with zero attached hydrogens (tertiary/aromatic N) is 2. The molecule has 1 aliphatic rings. The normalized spacial score (nSPS) is 16.9. The van der Waals surface area contributed by atoms with Crippen LogP contribution in [-0.4, -0.2) is 72.5 Å². The van der Waals surface area contributed by atoms with Gasteiger partial charge in [-0.25, -0.2) is 4.79 Å². The minimum absolute atomic E-state index is 0.0288. The van der Waals surface area contributed by atoms with Gasteiger partial charge in [-0.05, 0) is 68.9 Å². The van der Waals surface area contributed by atoms with Gasteiger partial charge in [-0.1, -0.05) is 37.6 Å². The second kappa shape index (κ2) is 12.7. The number of hydrogen-bond donors (Lipinski definition) is 1. The molecule has 0 bridgehead atoms. The van der Waals surface area contributed by atoms with E-state index in [0.29, 0.717) is 42.0 Å². The number of aliphatic hydroxyl groups is 1. The molecule has 9 heteroatoms. The number of ketones is 1. The third-order valence-electron chi connectivity index (χ3n) is 6.46. The number of ether oxygens (including phenoxy) is 2. The molecule has 198 valence electrons. The quantitative estimate of drug-likeness (QED) is 0.196. The highest BCUT2D eigenvalue weighted by molar-refractivity contribution is 6.46. The molecule has 0 radical (unpaired) electrons. The van der Waals surface area contributed by atoms with Crippen molar-refractivity contribution in [2.75, 3.05) is 39.9 Å². The number of methoxy groups -OCH3 is 1. The summed E-state index contributed by atoms with van der Waals surface area (Å²) < 4.78 is 10.2. The molecule has 37 heavy (non-hydrogen) atoms. The average Bonchev–Trinajstić information content (AvgIpc) is 3.16. The summed E-state index contributed by atoms with van der Waals surface area (Å²) in [6, 6.07) is 10.4. The summed E-state index contributed by atoms with van der Waals surface area (Å²) in [6.07, 6.45) is 0.653. The number of benzene rings is 2. The van der Waals surface area contributed by atoms with Crippen LogP contribution in [0, 0.1) is 0 Å². The molecule has 0 saturated carbocycles. The fourth-order valence-electron chi connectivity index (χ4n) is 4.46. The molecule has 1 aliphatic heterocycles. The molecule has 1 saturated heterocycles. The Bertz CT molecular complexity index is 1170. The van der Waals surface area contributed by atoms with Crippen molar-refractivity contribution in [1.82, 2.24) is 9.80 Å². The van der Waals surface area contributed by atoms with Gasteiger partial charge in [0, 0.05) is 12.1 Å². The summed E-state index contributed by atoms with van der Waals surface area (Å²) in [5.74, 6) is -1.82. The smallest absolute Gasteiger partial charge is 0.337 e. The van der Waals surface area contributed by atoms with E-state index < -0.39 is 23.7 Å². The number of halogens is 1. The second-order valence-electron chi connectivity index (χ2n) is 8.56. The molecule has 1 heterocycles. The van der Waals surface area contributed by atoms with Gasteiger partial charge in [0.1, 0.15) is 11.5 Å². The van der Waals surface area contributed by atoms with E-state index in [0.717, 1.165) is 19.6 Å². The Morgan fingerprint density at radius 3 is 2.27 bits per heavy atom. The standard InChI is InChI=1S/C28H33ClN2O6/c1-5-30(6-2)15-8-16-31-24(18-9-11-19(12-10-18)28(35)36-4)23(26(33)27(31)34)25(32)20-13-14-22(37-7-3)21(29)17-20/h9-14,17,24,32H,5-8,15-16H2,1-4H3/b25-23+/t24-/m0/s1. The van der Waals surface area contributed by atoms with Crippen molar-refractivity contribution in [3.63, 3.8) is 0 Å². The minimum atomic E-state index is -0.825. The van der Waals surface area contributed by atoms with Gasteiger partial charge in [0.15, 0.2) is 0 Å². The lowest BCUT2D eigenvalue weighted by Crippen LogP contribution is -2.33. The highest BCUT2D eigenvalue weighted by Crippen LogP contribution is 2.40. The number of likely N-dealkylation sites (tertiary alicyclic amines) is 1. The average molecular weight is 529 g/mol. The number of hydrogen-bond acceptors (Lipinski definition) is 7. The van der Waals surface area contributed by atoms with Crippen LogP contribution in [0.3, 0.4) is 0 Å². The van der Waals surface area contributed by atoms with Crippen molar-refractivity contribution in [3.8, 4) is 5.75 Å². The van der Waals surface area contributed by atoms with Crippen LogP contribution in [0.25, 0.3) is 5.76 Å². The summed E-state index contributed by atoms with van der Waals surface area (Å²) in [5, 5.41) is 11.5. The monoisotopic (exact) mass is 528 g/mol. The van der Waals surface area contributed by atoms with Gasteiger partial charge in [0.05, 0.1) is 35.9 Å². The van der Waals surface area contributed by atoms with Crippen LogP contribution in [0.15, 0.2) is 48.0 Å². The van der Waals surface area contributed by atoms with E-state index in [1.165, 1.54) is 18.1 Å². The Kier molecular flexibility index (Phi) is 9.72. The Morgan fingerprint density at radius 2 is 1.70 bits per heavy atom. The molecule has 2 aromatic rings. The molecule has 3 rings (SSSR count). The number of esters is 1. The SMILES string of the molecule is CCOc1ccc(/C(O)=C2\C(=O)C(=O)N(CCCN(CC)CC)[C@H]2c2ccc(C(=O)OC)cc2)cc1Cl. The molecular formula is C28H33ClN2O6. The lowest BCUT2D eigenvalue weighted by atomic mass is 9.94. The zero-order valence-corrected chi connectivity index (χ0v) is 22.4. The van der Waals surface area contributed by atoms with Crippen LogP contribution in [0.2, 0.25) is 5.02 Å². The van der Waals surface area contributed by atoms with E-state index in [9.17, 15) is 19.5 Å². The Balaban J connectivity index is 2.06. The van der Waals surface area contributed by atoms with E-state index in [1.54, 1.807) is 36.4 Å². The number of carbonyl (C=O) groups excluding carboxylic acids is 3. The molecule has 8 nitrogen and oxygen atoms in total. The lowest BCUT2D eigenvalue weighted by Gasteiger charge is -2.27. The first-order valence-corrected chi connectivity index (χ1v) is 12.8. The van der Waals surface area contributed by atoms with Crippen LogP contribution in [0.4, 0.5) is 0 Å². The van der Waals surface area contributed by atoms with Crippen molar-refractivity contribution < 1.29 is 29.0 Å². The highest BCUT2D eigenvalue weighted by atomic mass is 35.5. The summed E-state index contributed by atoms with van der Waals surface area (Å²) in [6.45, 7) is 9.24. The first-order valence-electron chi connectivity index (χ1n) is 12.4. The predicted molar refractivity (Wildman–Crippen MR) is 142 cm³/mol. The summed E-state index contributed by atoms with van der Waals surface area (Å²) in [4.78, 5) is 42.1. The topological polar surface area (TPSA) is 96.4 Å². The molecule has 1 N–H and O–H groups in total. The van der Waals surface area contributed by atoms with Crippen LogP contribution >= 0.6 is 11.6 Å². The number of rotatable bonds is 11. The van der Waals surface area contributed by atoms with Crippen LogP contribution in [-0.2, 0) is 14.3 Å². The van der Waals surface area contributed by atoms with Gasteiger partial charge in [0.2, 0.25) is 0 Å². The van der Waals surface area contributed by atoms with Crippen molar-refractivity contribution in [1.29, 1.82) is 0 Å². The molecule has 1 atom stereocenters. The van der Waals surface area contributed by atoms with Crippen molar-refractivity contribution >= 4 is 35.0 Å².